The van der Waals surface area contributed by atoms with E-state index in [4.69, 9.17) is 9.98 Å². The van der Waals surface area contributed by atoms with Crippen LogP contribution in [0.15, 0.2) is 204 Å². The van der Waals surface area contributed by atoms with Crippen molar-refractivity contribution < 1.29 is 0 Å². The fourth-order valence-corrected chi connectivity index (χ4v) is 9.03. The summed E-state index contributed by atoms with van der Waals surface area (Å²) in [7, 11) is 0. The van der Waals surface area contributed by atoms with E-state index in [9.17, 15) is 0 Å². The molecule has 0 bridgehead atoms. The van der Waals surface area contributed by atoms with Gasteiger partial charge in [-0.1, -0.05) is 146 Å². The number of nitrogens with one attached hydrogen (secondary N) is 1. The average Bonchev–Trinajstić information content (AvgIpc) is 3.93. The number of benzene rings is 8. The maximum atomic E-state index is 5.48. The van der Waals surface area contributed by atoms with E-state index < -0.39 is 0 Å². The molecule has 0 spiro atoms. The topological polar surface area (TPSA) is 51.5 Å². The summed E-state index contributed by atoms with van der Waals surface area (Å²) in [5, 5.41) is 10.9. The van der Waals surface area contributed by atoms with Gasteiger partial charge in [0.2, 0.25) is 5.96 Å². The van der Waals surface area contributed by atoms with Crippen LogP contribution in [0.3, 0.4) is 0 Å². The van der Waals surface area contributed by atoms with Gasteiger partial charge in [-0.3, -0.25) is 4.57 Å². The first-order valence-corrected chi connectivity index (χ1v) is 19.4. The lowest BCUT2D eigenvalue weighted by atomic mass is 10.1. The molecule has 6 heteroatoms. The highest BCUT2D eigenvalue weighted by atomic mass is 15.3. The first-order valence-electron chi connectivity index (χ1n) is 19.4. The van der Waals surface area contributed by atoms with Gasteiger partial charge >= 0.3 is 0 Å². The highest BCUT2D eigenvalue weighted by Crippen LogP contribution is 2.41. The van der Waals surface area contributed by atoms with Gasteiger partial charge in [0.15, 0.2) is 0 Å². The molecule has 0 radical (unpaired) electrons. The molecule has 0 saturated carbocycles. The quantitative estimate of drug-likeness (QED) is 0.193. The summed E-state index contributed by atoms with van der Waals surface area (Å²) in [6.45, 7) is 0. The number of rotatable bonds is 4. The minimum absolute atomic E-state index is 0.374. The van der Waals surface area contributed by atoms with Crippen LogP contribution in [-0.2, 0) is 0 Å². The fourth-order valence-electron chi connectivity index (χ4n) is 9.03. The summed E-state index contributed by atoms with van der Waals surface area (Å²) < 4.78 is 7.05. The summed E-state index contributed by atoms with van der Waals surface area (Å²) in [5.74, 6) is 1.39. The van der Waals surface area contributed by atoms with Crippen LogP contribution in [-0.4, -0.2) is 25.5 Å². The van der Waals surface area contributed by atoms with Gasteiger partial charge in [-0.05, 0) is 54.1 Å². The Kier molecular flexibility index (Phi) is 6.89. The third-order valence-corrected chi connectivity index (χ3v) is 11.5. The molecular weight excluding hydrogens is 697 g/mol. The monoisotopic (exact) mass is 730 g/mol. The van der Waals surface area contributed by atoms with Crippen LogP contribution in [0.25, 0.3) is 76.8 Å². The van der Waals surface area contributed by atoms with Crippen LogP contribution in [0.2, 0.25) is 0 Å². The SMILES string of the molecule is c1ccc(C2N=C(n3c4ccccc4c4ccc5c6ccccc6n(-c6ccccc6)c5c43)N=C(c3cccc(-n4c5ccccc5c5ccccc54)c3)N2)cc1. The summed E-state index contributed by atoms with van der Waals surface area (Å²) in [6, 6.07) is 69.0. The molecule has 3 aromatic heterocycles. The molecule has 11 aromatic rings. The second-order valence-electron chi connectivity index (χ2n) is 14.7. The van der Waals surface area contributed by atoms with Crippen molar-refractivity contribution in [3.8, 4) is 11.4 Å². The van der Waals surface area contributed by atoms with Gasteiger partial charge in [0, 0.05) is 49.3 Å². The van der Waals surface area contributed by atoms with Gasteiger partial charge in [-0.25, -0.2) is 4.99 Å². The Morgan fingerprint density at radius 2 is 0.860 bits per heavy atom. The average molecular weight is 731 g/mol. The van der Waals surface area contributed by atoms with Crippen LogP contribution < -0.4 is 5.32 Å². The van der Waals surface area contributed by atoms with Crippen molar-refractivity contribution >= 4 is 77.2 Å². The molecule has 1 N–H and O–H groups in total. The zero-order valence-electron chi connectivity index (χ0n) is 30.8. The van der Waals surface area contributed by atoms with E-state index in [1.54, 1.807) is 0 Å². The first kappa shape index (κ1) is 31.6. The summed E-state index contributed by atoms with van der Waals surface area (Å²) >= 11 is 0. The maximum absolute atomic E-state index is 5.48. The number of amidine groups is 1. The van der Waals surface area contributed by atoms with Crippen LogP contribution in [0.4, 0.5) is 0 Å². The van der Waals surface area contributed by atoms with Crippen molar-refractivity contribution in [2.24, 2.45) is 9.98 Å². The molecule has 0 fully saturated rings. The molecule has 4 heterocycles. The molecular formula is C51H34N6. The van der Waals surface area contributed by atoms with Crippen LogP contribution in [0.1, 0.15) is 17.3 Å². The van der Waals surface area contributed by atoms with E-state index in [1.165, 1.54) is 32.6 Å². The number of hydrogen-bond donors (Lipinski definition) is 1. The van der Waals surface area contributed by atoms with Crippen molar-refractivity contribution in [1.82, 2.24) is 19.0 Å². The van der Waals surface area contributed by atoms with Gasteiger partial charge in [0.1, 0.15) is 12.0 Å². The lowest BCUT2D eigenvalue weighted by Crippen LogP contribution is -2.35. The van der Waals surface area contributed by atoms with Gasteiger partial charge in [-0.15, -0.1) is 0 Å². The molecule has 57 heavy (non-hydrogen) atoms. The molecule has 1 atom stereocenters. The summed E-state index contributed by atoms with van der Waals surface area (Å²) in [6.07, 6.45) is -0.374. The maximum Gasteiger partial charge on any atom is 0.234 e. The van der Waals surface area contributed by atoms with Gasteiger partial charge in [0.05, 0.1) is 33.1 Å². The molecule has 1 unspecified atom stereocenters. The lowest BCUT2D eigenvalue weighted by molar-refractivity contribution is 0.668. The molecule has 268 valence electrons. The molecule has 12 rings (SSSR count). The van der Waals surface area contributed by atoms with E-state index in [0.29, 0.717) is 5.96 Å². The minimum Gasteiger partial charge on any atom is -0.344 e. The van der Waals surface area contributed by atoms with Gasteiger partial charge in [0.25, 0.3) is 0 Å². The molecule has 0 amide bonds. The van der Waals surface area contributed by atoms with E-state index in [2.05, 4.69) is 207 Å². The van der Waals surface area contributed by atoms with Crippen LogP contribution >= 0.6 is 0 Å². The van der Waals surface area contributed by atoms with Crippen LogP contribution in [0.5, 0.6) is 0 Å². The predicted molar refractivity (Wildman–Crippen MR) is 236 cm³/mol. The Labute approximate surface area is 327 Å². The zero-order valence-corrected chi connectivity index (χ0v) is 30.8. The van der Waals surface area contributed by atoms with E-state index in [1.807, 2.05) is 6.07 Å². The highest BCUT2D eigenvalue weighted by Gasteiger charge is 2.27. The molecule has 0 aliphatic carbocycles. The number of para-hydroxylation sites is 5. The molecule has 0 saturated heterocycles. The largest absolute Gasteiger partial charge is 0.344 e. The Balaban J connectivity index is 1.14. The fraction of sp³-hybridized carbons (Fsp3) is 0.0196. The van der Waals surface area contributed by atoms with E-state index in [-0.39, 0.29) is 6.17 Å². The summed E-state index contributed by atoms with van der Waals surface area (Å²) in [4.78, 5) is 10.9. The molecule has 8 aromatic carbocycles. The smallest absolute Gasteiger partial charge is 0.234 e. The number of fused-ring (bicyclic) bond motifs is 10. The van der Waals surface area contributed by atoms with Gasteiger partial charge < -0.3 is 14.5 Å². The second-order valence-corrected chi connectivity index (χ2v) is 14.7. The lowest BCUT2D eigenvalue weighted by Gasteiger charge is -2.25. The normalized spacial score (nSPS) is 14.5. The third-order valence-electron chi connectivity index (χ3n) is 11.5. The first-order chi connectivity index (χ1) is 28.3. The second kappa shape index (κ2) is 12.4. The zero-order chi connectivity index (χ0) is 37.5. The van der Waals surface area contributed by atoms with Crippen molar-refractivity contribution in [3.05, 3.63) is 205 Å². The Hall–Kier alpha value is -7.70. The number of aromatic nitrogens is 3. The third kappa shape index (κ3) is 4.77. The Morgan fingerprint density at radius 3 is 1.47 bits per heavy atom. The molecule has 1 aliphatic heterocycles. The molecule has 1 aliphatic rings. The van der Waals surface area contributed by atoms with Crippen molar-refractivity contribution in [3.63, 3.8) is 0 Å². The van der Waals surface area contributed by atoms with Gasteiger partial charge in [-0.2, -0.15) is 4.99 Å². The number of nitrogens with zero attached hydrogens (tertiary/aromatic N) is 5. The standard InChI is InChI=1S/C51H34N6/c1-3-16-33(17-4-1)49-52-50(34-18-15-21-36(32-34)55-43-26-11-7-22-37(43)38-23-8-12-27-44(38)55)54-51(53-49)57-46-29-14-10-25-40(46)42-31-30-41-39-24-9-13-28-45(39)56(47(41)48(42)57)35-19-5-2-6-20-35/h1-32,49H,(H,52,53,54). The van der Waals surface area contributed by atoms with E-state index >= 15 is 0 Å². The van der Waals surface area contributed by atoms with Crippen molar-refractivity contribution in [2.45, 2.75) is 6.17 Å². The Morgan fingerprint density at radius 1 is 0.386 bits per heavy atom. The van der Waals surface area contributed by atoms with Crippen molar-refractivity contribution in [2.75, 3.05) is 0 Å². The van der Waals surface area contributed by atoms with E-state index in [0.717, 1.165) is 61.2 Å². The number of aliphatic imine (C=N–C) groups is 2. The summed E-state index contributed by atoms with van der Waals surface area (Å²) in [5.41, 5.74) is 11.0. The highest BCUT2D eigenvalue weighted by molar-refractivity contribution is 6.26. The Bertz CT molecular complexity index is 3380. The minimum atomic E-state index is -0.374. The molecule has 6 nitrogen and oxygen atoms in total. The van der Waals surface area contributed by atoms with Crippen molar-refractivity contribution in [1.29, 1.82) is 0 Å². The van der Waals surface area contributed by atoms with Crippen LogP contribution in [0, 0.1) is 0 Å². The number of hydrogen-bond acceptors (Lipinski definition) is 3. The predicted octanol–water partition coefficient (Wildman–Crippen LogP) is 11.9.